The van der Waals surface area contributed by atoms with Gasteiger partial charge >= 0.3 is 0 Å². The van der Waals surface area contributed by atoms with Crippen LogP contribution in [0.4, 0.5) is 0 Å². The summed E-state index contributed by atoms with van der Waals surface area (Å²) in [7, 11) is 0. The lowest BCUT2D eigenvalue weighted by atomic mass is 9.80. The van der Waals surface area contributed by atoms with Gasteiger partial charge in [-0.05, 0) is 31.7 Å². The number of piperidine rings is 1. The lowest BCUT2D eigenvalue weighted by molar-refractivity contribution is -0.138. The Labute approximate surface area is 139 Å². The lowest BCUT2D eigenvalue weighted by Gasteiger charge is -2.41. The van der Waals surface area contributed by atoms with Gasteiger partial charge in [-0.2, -0.15) is 0 Å². The Morgan fingerprint density at radius 1 is 1.39 bits per heavy atom. The minimum Gasteiger partial charge on any atom is -0.391 e. The standard InChI is InChI=1S/C17H31N3O3/c1-13-14(12-21)19(10-7-18-13)8-4-5-16(23)20-9-6-17(2,3)15(22)11-20/h12-15,18,22H,4-11H2,1-3H3. The summed E-state index contributed by atoms with van der Waals surface area (Å²) in [6.07, 6.45) is 2.63. The van der Waals surface area contributed by atoms with Crippen LogP contribution in [0.25, 0.3) is 0 Å². The van der Waals surface area contributed by atoms with Crippen LogP contribution in [0, 0.1) is 5.41 Å². The summed E-state index contributed by atoms with van der Waals surface area (Å²) in [4.78, 5) is 27.5. The molecule has 2 aliphatic rings. The third-order valence-electron chi connectivity index (χ3n) is 5.45. The summed E-state index contributed by atoms with van der Waals surface area (Å²) in [6.45, 7) is 9.77. The van der Waals surface area contributed by atoms with Crippen molar-refractivity contribution >= 4 is 12.2 Å². The van der Waals surface area contributed by atoms with Crippen molar-refractivity contribution in [3.05, 3.63) is 0 Å². The van der Waals surface area contributed by atoms with Crippen LogP contribution in [0.1, 0.15) is 40.0 Å². The molecule has 3 unspecified atom stereocenters. The number of rotatable bonds is 5. The van der Waals surface area contributed by atoms with Crippen molar-refractivity contribution < 1.29 is 14.7 Å². The number of likely N-dealkylation sites (tertiary alicyclic amines) is 1. The molecule has 0 bridgehead atoms. The van der Waals surface area contributed by atoms with Crippen molar-refractivity contribution in [2.24, 2.45) is 5.41 Å². The number of nitrogens with one attached hydrogen (secondary N) is 1. The van der Waals surface area contributed by atoms with Gasteiger partial charge in [-0.3, -0.25) is 9.69 Å². The van der Waals surface area contributed by atoms with Gasteiger partial charge in [0.2, 0.25) is 5.91 Å². The van der Waals surface area contributed by atoms with Crippen molar-refractivity contribution in [2.75, 3.05) is 32.7 Å². The third kappa shape index (κ3) is 4.52. The highest BCUT2D eigenvalue weighted by Crippen LogP contribution is 2.30. The molecule has 3 atom stereocenters. The van der Waals surface area contributed by atoms with Crippen molar-refractivity contribution in [2.45, 2.75) is 58.2 Å². The minimum absolute atomic E-state index is 0.100. The topological polar surface area (TPSA) is 72.9 Å². The predicted octanol–water partition coefficient (Wildman–Crippen LogP) is 0.247. The average Bonchev–Trinajstić information content (AvgIpc) is 2.50. The van der Waals surface area contributed by atoms with Crippen LogP contribution in [0.15, 0.2) is 0 Å². The summed E-state index contributed by atoms with van der Waals surface area (Å²) >= 11 is 0. The Kier molecular flexibility index (Phi) is 6.17. The second kappa shape index (κ2) is 7.73. The summed E-state index contributed by atoms with van der Waals surface area (Å²) in [6, 6.07) is 0.0629. The van der Waals surface area contributed by atoms with Crippen LogP contribution in [-0.4, -0.2) is 78.0 Å². The van der Waals surface area contributed by atoms with E-state index in [2.05, 4.69) is 10.2 Å². The average molecular weight is 325 g/mol. The number of hydrogen-bond donors (Lipinski definition) is 2. The number of aldehydes is 1. The number of piperazine rings is 1. The lowest BCUT2D eigenvalue weighted by Crippen LogP contribution is -2.57. The van der Waals surface area contributed by atoms with Crippen molar-refractivity contribution in [1.82, 2.24) is 15.1 Å². The Hall–Kier alpha value is -0.980. The van der Waals surface area contributed by atoms with Crippen LogP contribution in [0.3, 0.4) is 0 Å². The first kappa shape index (κ1) is 18.4. The highest BCUT2D eigenvalue weighted by molar-refractivity contribution is 5.76. The maximum Gasteiger partial charge on any atom is 0.222 e. The maximum atomic E-state index is 12.3. The first-order chi connectivity index (χ1) is 10.8. The molecular weight excluding hydrogens is 294 g/mol. The van der Waals surface area contributed by atoms with Crippen LogP contribution in [0.2, 0.25) is 0 Å². The van der Waals surface area contributed by atoms with E-state index in [-0.39, 0.29) is 23.4 Å². The van der Waals surface area contributed by atoms with Gasteiger partial charge in [0.25, 0.3) is 0 Å². The molecule has 0 aromatic carbocycles. The van der Waals surface area contributed by atoms with Gasteiger partial charge in [-0.25, -0.2) is 0 Å². The molecule has 2 saturated heterocycles. The molecule has 0 aliphatic carbocycles. The van der Waals surface area contributed by atoms with Gasteiger partial charge in [0.15, 0.2) is 0 Å². The molecule has 0 aromatic rings. The van der Waals surface area contributed by atoms with E-state index in [1.165, 1.54) is 0 Å². The highest BCUT2D eigenvalue weighted by atomic mass is 16.3. The summed E-state index contributed by atoms with van der Waals surface area (Å²) in [5, 5.41) is 13.4. The first-order valence-electron chi connectivity index (χ1n) is 8.74. The number of nitrogens with zero attached hydrogens (tertiary/aromatic N) is 2. The molecule has 0 saturated carbocycles. The van der Waals surface area contributed by atoms with Gasteiger partial charge in [0.1, 0.15) is 6.29 Å². The zero-order chi connectivity index (χ0) is 17.0. The normalized spacial score (nSPS) is 31.8. The number of aliphatic hydroxyl groups excluding tert-OH is 1. The molecule has 6 heteroatoms. The van der Waals surface area contributed by atoms with E-state index in [1.807, 2.05) is 20.8 Å². The molecule has 0 radical (unpaired) electrons. The van der Waals surface area contributed by atoms with Gasteiger partial charge in [-0.1, -0.05) is 13.8 Å². The molecule has 2 rings (SSSR count). The van der Waals surface area contributed by atoms with Gasteiger partial charge in [0, 0.05) is 38.6 Å². The SMILES string of the molecule is CC1NCCN(CCCC(=O)N2CCC(C)(C)C(O)C2)C1C=O. The fraction of sp³-hybridized carbons (Fsp3) is 0.882. The van der Waals surface area contributed by atoms with Crippen molar-refractivity contribution in [3.8, 4) is 0 Å². The molecule has 6 nitrogen and oxygen atoms in total. The molecule has 132 valence electrons. The number of amides is 1. The van der Waals surface area contributed by atoms with E-state index in [4.69, 9.17) is 0 Å². The number of carbonyl (C=O) groups is 2. The number of aliphatic hydroxyl groups is 1. The first-order valence-corrected chi connectivity index (χ1v) is 8.74. The van der Waals surface area contributed by atoms with E-state index in [1.54, 1.807) is 4.90 Å². The molecule has 0 aromatic heterocycles. The molecule has 0 spiro atoms. The van der Waals surface area contributed by atoms with E-state index in [0.29, 0.717) is 13.0 Å². The largest absolute Gasteiger partial charge is 0.391 e. The zero-order valence-electron chi connectivity index (χ0n) is 14.6. The molecule has 2 fully saturated rings. The van der Waals surface area contributed by atoms with Crippen molar-refractivity contribution in [3.63, 3.8) is 0 Å². The molecular formula is C17H31N3O3. The molecule has 1 amide bonds. The van der Waals surface area contributed by atoms with E-state index < -0.39 is 6.10 Å². The third-order valence-corrected chi connectivity index (χ3v) is 5.45. The van der Waals surface area contributed by atoms with E-state index in [9.17, 15) is 14.7 Å². The number of hydrogen-bond acceptors (Lipinski definition) is 5. The Morgan fingerprint density at radius 3 is 2.78 bits per heavy atom. The number of carbonyl (C=O) groups excluding carboxylic acids is 2. The zero-order valence-corrected chi connectivity index (χ0v) is 14.6. The van der Waals surface area contributed by atoms with E-state index in [0.717, 1.165) is 45.3 Å². The second-order valence-corrected chi connectivity index (χ2v) is 7.60. The highest BCUT2D eigenvalue weighted by Gasteiger charge is 2.35. The Bertz CT molecular complexity index is 427. The molecule has 23 heavy (non-hydrogen) atoms. The Morgan fingerprint density at radius 2 is 2.13 bits per heavy atom. The van der Waals surface area contributed by atoms with Crippen molar-refractivity contribution in [1.29, 1.82) is 0 Å². The summed E-state index contributed by atoms with van der Waals surface area (Å²) in [5.41, 5.74) is -0.106. The number of β-amino-alcohol motifs (C(OH)–C–C–N with tert-alkyl or cyclic N) is 1. The fourth-order valence-corrected chi connectivity index (χ4v) is 3.44. The smallest absolute Gasteiger partial charge is 0.222 e. The van der Waals surface area contributed by atoms with E-state index >= 15 is 0 Å². The fourth-order valence-electron chi connectivity index (χ4n) is 3.44. The maximum absolute atomic E-state index is 12.3. The quantitative estimate of drug-likeness (QED) is 0.709. The minimum atomic E-state index is -0.450. The van der Waals surface area contributed by atoms with Gasteiger partial charge in [0.05, 0.1) is 12.1 Å². The van der Waals surface area contributed by atoms with Gasteiger partial charge in [-0.15, -0.1) is 0 Å². The summed E-state index contributed by atoms with van der Waals surface area (Å²) < 4.78 is 0. The van der Waals surface area contributed by atoms with Crippen LogP contribution in [0.5, 0.6) is 0 Å². The van der Waals surface area contributed by atoms with Crippen LogP contribution < -0.4 is 5.32 Å². The van der Waals surface area contributed by atoms with Crippen LogP contribution in [-0.2, 0) is 9.59 Å². The molecule has 2 aliphatic heterocycles. The Balaban J connectivity index is 1.75. The summed E-state index contributed by atoms with van der Waals surface area (Å²) in [5.74, 6) is 0.116. The van der Waals surface area contributed by atoms with Gasteiger partial charge < -0.3 is 20.1 Å². The predicted molar refractivity (Wildman–Crippen MR) is 89.1 cm³/mol. The monoisotopic (exact) mass is 325 g/mol. The van der Waals surface area contributed by atoms with Crippen LogP contribution >= 0.6 is 0 Å². The second-order valence-electron chi connectivity index (χ2n) is 7.60. The molecule has 2 heterocycles. The molecule has 2 N–H and O–H groups in total.